The lowest BCUT2D eigenvalue weighted by molar-refractivity contribution is -0.129. The highest BCUT2D eigenvalue weighted by Gasteiger charge is 2.19. The van der Waals surface area contributed by atoms with E-state index in [2.05, 4.69) is 5.32 Å². The molecule has 0 aliphatic carbocycles. The molecule has 0 aliphatic rings. The van der Waals surface area contributed by atoms with E-state index in [-0.39, 0.29) is 18.7 Å². The zero-order valence-electron chi connectivity index (χ0n) is 11.2. The number of carbonyl (C=O) groups excluding carboxylic acids is 3. The van der Waals surface area contributed by atoms with E-state index in [1.807, 2.05) is 30.3 Å². The van der Waals surface area contributed by atoms with Gasteiger partial charge in [-0.15, -0.1) is 0 Å². The van der Waals surface area contributed by atoms with Gasteiger partial charge in [-0.3, -0.25) is 14.4 Å². The molecule has 108 valence electrons. The van der Waals surface area contributed by atoms with Crippen molar-refractivity contribution >= 4 is 17.7 Å². The maximum absolute atomic E-state index is 11.7. The maximum Gasteiger partial charge on any atom is 0.240 e. The molecule has 0 heterocycles. The summed E-state index contributed by atoms with van der Waals surface area (Å²) in [6.07, 6.45) is 1.40. The lowest BCUT2D eigenvalue weighted by atomic mass is 10.1. The van der Waals surface area contributed by atoms with Crippen molar-refractivity contribution in [1.29, 1.82) is 0 Å². The first-order chi connectivity index (χ1) is 9.49. The van der Waals surface area contributed by atoms with Crippen LogP contribution in [0.2, 0.25) is 0 Å². The molecule has 0 fully saturated rings. The van der Waals surface area contributed by atoms with Gasteiger partial charge >= 0.3 is 0 Å². The molecule has 0 saturated carbocycles. The largest absolute Gasteiger partial charge is 0.370 e. The van der Waals surface area contributed by atoms with Crippen molar-refractivity contribution in [3.8, 4) is 0 Å². The van der Waals surface area contributed by atoms with E-state index in [1.165, 1.54) is 0 Å². The van der Waals surface area contributed by atoms with Crippen LogP contribution in [0.25, 0.3) is 0 Å². The Kier molecular flexibility index (Phi) is 6.22. The maximum atomic E-state index is 11.7. The second kappa shape index (κ2) is 7.93. The van der Waals surface area contributed by atoms with Crippen molar-refractivity contribution in [2.45, 2.75) is 31.7 Å². The molecule has 0 unspecified atom stereocenters. The van der Waals surface area contributed by atoms with Crippen molar-refractivity contribution in [2.24, 2.45) is 11.5 Å². The second-order valence-corrected chi connectivity index (χ2v) is 4.53. The summed E-state index contributed by atoms with van der Waals surface area (Å²) in [5, 5.41) is 2.42. The summed E-state index contributed by atoms with van der Waals surface area (Å²) in [5.74, 6) is -1.76. The molecule has 1 rings (SSSR count). The molecule has 1 aromatic carbocycles. The average molecular weight is 277 g/mol. The Morgan fingerprint density at radius 1 is 1.10 bits per heavy atom. The van der Waals surface area contributed by atoms with Gasteiger partial charge in [-0.05, 0) is 18.4 Å². The molecule has 3 amide bonds. The van der Waals surface area contributed by atoms with Gasteiger partial charge in [0.25, 0.3) is 0 Å². The van der Waals surface area contributed by atoms with Crippen LogP contribution >= 0.6 is 0 Å². The molecule has 0 saturated heterocycles. The Balaban J connectivity index is 2.35. The van der Waals surface area contributed by atoms with Gasteiger partial charge in [0.1, 0.15) is 6.04 Å². The molecule has 1 aromatic rings. The van der Waals surface area contributed by atoms with Crippen LogP contribution in [-0.2, 0) is 20.8 Å². The van der Waals surface area contributed by atoms with E-state index in [0.29, 0.717) is 6.42 Å². The average Bonchev–Trinajstić information content (AvgIpc) is 2.38. The van der Waals surface area contributed by atoms with Gasteiger partial charge in [-0.2, -0.15) is 0 Å². The van der Waals surface area contributed by atoms with Crippen molar-refractivity contribution < 1.29 is 14.4 Å². The first kappa shape index (κ1) is 15.7. The number of nitrogens with one attached hydrogen (secondary N) is 1. The number of hydrogen-bond acceptors (Lipinski definition) is 3. The zero-order chi connectivity index (χ0) is 15.0. The Bertz CT molecular complexity index is 474. The molecular weight excluding hydrogens is 258 g/mol. The van der Waals surface area contributed by atoms with E-state index in [9.17, 15) is 14.4 Å². The van der Waals surface area contributed by atoms with Gasteiger partial charge in [-0.25, -0.2) is 0 Å². The highest BCUT2D eigenvalue weighted by atomic mass is 16.2. The fourth-order valence-corrected chi connectivity index (χ4v) is 1.79. The number of nitrogens with two attached hydrogens (primary N) is 2. The van der Waals surface area contributed by atoms with E-state index >= 15 is 0 Å². The van der Waals surface area contributed by atoms with Gasteiger partial charge in [-0.1, -0.05) is 30.3 Å². The Morgan fingerprint density at radius 2 is 1.75 bits per heavy atom. The number of benzene rings is 1. The number of primary amides is 2. The van der Waals surface area contributed by atoms with Crippen molar-refractivity contribution in [2.75, 3.05) is 0 Å². The molecule has 0 radical (unpaired) electrons. The van der Waals surface area contributed by atoms with Crippen LogP contribution in [0.15, 0.2) is 30.3 Å². The SMILES string of the molecule is NC(=O)C[C@H](NC(=O)CCCc1ccccc1)C(N)=O. The minimum absolute atomic E-state index is 0.261. The summed E-state index contributed by atoms with van der Waals surface area (Å²) in [5.41, 5.74) is 11.2. The van der Waals surface area contributed by atoms with E-state index in [0.717, 1.165) is 12.0 Å². The van der Waals surface area contributed by atoms with E-state index < -0.39 is 17.9 Å². The molecular formula is C14H19N3O3. The highest BCUT2D eigenvalue weighted by molar-refractivity contribution is 5.90. The van der Waals surface area contributed by atoms with Crippen LogP contribution in [0.1, 0.15) is 24.8 Å². The minimum Gasteiger partial charge on any atom is -0.370 e. The number of amides is 3. The number of carbonyl (C=O) groups is 3. The van der Waals surface area contributed by atoms with Gasteiger partial charge in [0.2, 0.25) is 17.7 Å². The molecule has 20 heavy (non-hydrogen) atoms. The lowest BCUT2D eigenvalue weighted by Gasteiger charge is -2.13. The third-order valence-corrected chi connectivity index (χ3v) is 2.80. The summed E-state index contributed by atoms with van der Waals surface area (Å²) in [6.45, 7) is 0. The molecule has 6 heteroatoms. The fraction of sp³-hybridized carbons (Fsp3) is 0.357. The first-order valence-electron chi connectivity index (χ1n) is 6.40. The Labute approximate surface area is 117 Å². The fourth-order valence-electron chi connectivity index (χ4n) is 1.79. The Morgan fingerprint density at radius 3 is 2.30 bits per heavy atom. The summed E-state index contributed by atoms with van der Waals surface area (Å²) in [7, 11) is 0. The molecule has 5 N–H and O–H groups in total. The third-order valence-electron chi connectivity index (χ3n) is 2.80. The molecule has 0 aromatic heterocycles. The van der Waals surface area contributed by atoms with Gasteiger partial charge < -0.3 is 16.8 Å². The summed E-state index contributed by atoms with van der Waals surface area (Å²) >= 11 is 0. The number of rotatable bonds is 8. The van der Waals surface area contributed by atoms with Crippen molar-refractivity contribution in [3.63, 3.8) is 0 Å². The van der Waals surface area contributed by atoms with Gasteiger partial charge in [0.05, 0.1) is 6.42 Å². The van der Waals surface area contributed by atoms with Crippen LogP contribution < -0.4 is 16.8 Å². The zero-order valence-corrected chi connectivity index (χ0v) is 11.2. The predicted molar refractivity (Wildman–Crippen MR) is 74.3 cm³/mol. The van der Waals surface area contributed by atoms with Crippen LogP contribution in [0, 0.1) is 0 Å². The molecule has 0 spiro atoms. The quantitative estimate of drug-likeness (QED) is 0.614. The monoisotopic (exact) mass is 277 g/mol. The molecule has 1 atom stereocenters. The minimum atomic E-state index is -1.03. The summed E-state index contributed by atoms with van der Waals surface area (Å²) in [6, 6.07) is 8.74. The van der Waals surface area contributed by atoms with Crippen LogP contribution in [0.3, 0.4) is 0 Å². The summed E-state index contributed by atoms with van der Waals surface area (Å²) in [4.78, 5) is 33.5. The van der Waals surface area contributed by atoms with Crippen molar-refractivity contribution in [1.82, 2.24) is 5.32 Å². The number of aryl methyl sites for hydroxylation is 1. The smallest absolute Gasteiger partial charge is 0.240 e. The van der Waals surface area contributed by atoms with Crippen molar-refractivity contribution in [3.05, 3.63) is 35.9 Å². The second-order valence-electron chi connectivity index (χ2n) is 4.53. The van der Waals surface area contributed by atoms with Crippen LogP contribution in [0.5, 0.6) is 0 Å². The van der Waals surface area contributed by atoms with Gasteiger partial charge in [0, 0.05) is 6.42 Å². The third kappa shape index (κ3) is 5.99. The topological polar surface area (TPSA) is 115 Å². The lowest BCUT2D eigenvalue weighted by Crippen LogP contribution is -2.46. The molecule has 0 aliphatic heterocycles. The van der Waals surface area contributed by atoms with Crippen LogP contribution in [0.4, 0.5) is 0 Å². The number of hydrogen-bond donors (Lipinski definition) is 3. The summed E-state index contributed by atoms with van der Waals surface area (Å²) < 4.78 is 0. The van der Waals surface area contributed by atoms with Crippen LogP contribution in [-0.4, -0.2) is 23.8 Å². The normalized spacial score (nSPS) is 11.6. The van der Waals surface area contributed by atoms with E-state index in [4.69, 9.17) is 11.5 Å². The highest BCUT2D eigenvalue weighted by Crippen LogP contribution is 2.04. The molecule has 6 nitrogen and oxygen atoms in total. The van der Waals surface area contributed by atoms with Gasteiger partial charge in [0.15, 0.2) is 0 Å². The first-order valence-corrected chi connectivity index (χ1v) is 6.40. The predicted octanol–water partition coefficient (Wildman–Crippen LogP) is -0.145. The Hall–Kier alpha value is -2.37. The standard InChI is InChI=1S/C14H19N3O3/c15-12(18)9-11(14(16)20)17-13(19)8-4-7-10-5-2-1-3-6-10/h1-3,5-6,11H,4,7-9H2,(H2,15,18)(H2,16,20)(H,17,19)/t11-/m0/s1. The molecule has 0 bridgehead atoms. The van der Waals surface area contributed by atoms with E-state index in [1.54, 1.807) is 0 Å².